The predicted octanol–water partition coefficient (Wildman–Crippen LogP) is 3.10. The number of phenolic OH excluding ortho intramolecular Hbond substituents is 2. The highest BCUT2D eigenvalue weighted by Gasteiger charge is 1.98. The number of nitrogen functional groups attached to an aromatic ring is 1. The summed E-state index contributed by atoms with van der Waals surface area (Å²) >= 11 is 0. The number of hydrogen-bond donors (Lipinski definition) is 3. The number of nitrogens with zero attached hydrogens (tertiary/aromatic N) is 2. The van der Waals surface area contributed by atoms with Gasteiger partial charge in [0.25, 0.3) is 0 Å². The molecule has 4 N–H and O–H groups in total. The van der Waals surface area contributed by atoms with Crippen LogP contribution in [0.5, 0.6) is 11.5 Å². The third-order valence-corrected chi connectivity index (χ3v) is 2.13. The monoisotopic (exact) mass is 229 g/mol. The van der Waals surface area contributed by atoms with E-state index in [0.29, 0.717) is 17.1 Å². The minimum atomic E-state index is 0.0890. The van der Waals surface area contributed by atoms with E-state index in [2.05, 4.69) is 10.2 Å². The lowest BCUT2D eigenvalue weighted by Gasteiger charge is -1.99. The Morgan fingerprint density at radius 2 is 1.47 bits per heavy atom. The van der Waals surface area contributed by atoms with Crippen LogP contribution in [-0.2, 0) is 0 Å². The Bertz CT molecular complexity index is 550. The standard InChI is InChI=1S/C12H11N3O2/c13-11-7-10(17)5-6-12(11)15-14-8-1-3-9(16)4-2-8/h1-7,16-17H,13H2/b15-14+. The lowest BCUT2D eigenvalue weighted by Crippen LogP contribution is -1.83. The average molecular weight is 229 g/mol. The van der Waals surface area contributed by atoms with Crippen molar-refractivity contribution in [3.63, 3.8) is 0 Å². The van der Waals surface area contributed by atoms with Crippen molar-refractivity contribution in [2.24, 2.45) is 10.2 Å². The molecule has 2 rings (SSSR count). The number of nitrogens with two attached hydrogens (primary N) is 1. The molecule has 17 heavy (non-hydrogen) atoms. The molecular weight excluding hydrogens is 218 g/mol. The largest absolute Gasteiger partial charge is 0.508 e. The van der Waals surface area contributed by atoms with Crippen molar-refractivity contribution < 1.29 is 10.2 Å². The number of hydrogen-bond acceptors (Lipinski definition) is 5. The molecule has 0 spiro atoms. The molecule has 0 aliphatic carbocycles. The molecule has 0 amide bonds. The van der Waals surface area contributed by atoms with Gasteiger partial charge in [-0.25, -0.2) is 0 Å². The zero-order valence-electron chi connectivity index (χ0n) is 8.91. The van der Waals surface area contributed by atoms with Crippen LogP contribution < -0.4 is 5.73 Å². The molecule has 86 valence electrons. The van der Waals surface area contributed by atoms with Gasteiger partial charge < -0.3 is 15.9 Å². The molecule has 0 bridgehead atoms. The summed E-state index contributed by atoms with van der Waals surface area (Å²) < 4.78 is 0. The van der Waals surface area contributed by atoms with Gasteiger partial charge in [0.1, 0.15) is 17.2 Å². The van der Waals surface area contributed by atoms with E-state index in [1.807, 2.05) is 0 Å². The first-order valence-electron chi connectivity index (χ1n) is 4.94. The summed E-state index contributed by atoms with van der Waals surface area (Å²) in [4.78, 5) is 0. The summed E-state index contributed by atoms with van der Waals surface area (Å²) in [5, 5.41) is 26.2. The van der Waals surface area contributed by atoms with E-state index in [-0.39, 0.29) is 11.5 Å². The van der Waals surface area contributed by atoms with Crippen LogP contribution in [0.15, 0.2) is 52.7 Å². The molecule has 0 fully saturated rings. The molecular formula is C12H11N3O2. The second kappa shape index (κ2) is 4.52. The maximum absolute atomic E-state index is 9.17. The number of benzene rings is 2. The van der Waals surface area contributed by atoms with Crippen LogP contribution in [0.25, 0.3) is 0 Å². The molecule has 0 aliphatic heterocycles. The Labute approximate surface area is 97.9 Å². The van der Waals surface area contributed by atoms with Crippen LogP contribution in [0.1, 0.15) is 0 Å². The fourth-order valence-electron chi connectivity index (χ4n) is 1.26. The molecule has 0 heterocycles. The minimum absolute atomic E-state index is 0.0890. The summed E-state index contributed by atoms with van der Waals surface area (Å²) in [6, 6.07) is 10.8. The van der Waals surface area contributed by atoms with E-state index in [0.717, 1.165) is 0 Å². The second-order valence-corrected chi connectivity index (χ2v) is 3.46. The Kier molecular flexibility index (Phi) is 2.91. The summed E-state index contributed by atoms with van der Waals surface area (Å²) in [6.45, 7) is 0. The van der Waals surface area contributed by atoms with Gasteiger partial charge in [0.05, 0.1) is 11.4 Å². The van der Waals surface area contributed by atoms with Crippen molar-refractivity contribution >= 4 is 17.1 Å². The Morgan fingerprint density at radius 3 is 2.12 bits per heavy atom. The number of phenols is 2. The molecule has 5 heteroatoms. The van der Waals surface area contributed by atoms with Crippen LogP contribution in [0.3, 0.4) is 0 Å². The van der Waals surface area contributed by atoms with Crippen LogP contribution >= 0.6 is 0 Å². The molecule has 0 aromatic heterocycles. The van der Waals surface area contributed by atoms with Crippen molar-refractivity contribution in [3.8, 4) is 11.5 Å². The summed E-state index contributed by atoms with van der Waals surface area (Å²) in [6.07, 6.45) is 0. The predicted molar refractivity (Wildman–Crippen MR) is 64.8 cm³/mol. The lowest BCUT2D eigenvalue weighted by molar-refractivity contribution is 0.475. The maximum atomic E-state index is 9.17. The molecule has 0 saturated heterocycles. The van der Waals surface area contributed by atoms with Crippen LogP contribution in [-0.4, -0.2) is 10.2 Å². The van der Waals surface area contributed by atoms with Crippen LogP contribution in [0.4, 0.5) is 17.1 Å². The van der Waals surface area contributed by atoms with E-state index in [1.54, 1.807) is 18.2 Å². The van der Waals surface area contributed by atoms with E-state index in [4.69, 9.17) is 10.8 Å². The normalized spacial score (nSPS) is 10.8. The van der Waals surface area contributed by atoms with Gasteiger partial charge in [0.15, 0.2) is 0 Å². The van der Waals surface area contributed by atoms with Gasteiger partial charge in [0.2, 0.25) is 0 Å². The quantitative estimate of drug-likeness (QED) is 0.545. The first kappa shape index (κ1) is 10.9. The van der Waals surface area contributed by atoms with Gasteiger partial charge in [-0.1, -0.05) is 0 Å². The van der Waals surface area contributed by atoms with Crippen molar-refractivity contribution in [1.82, 2.24) is 0 Å². The number of azo groups is 1. The second-order valence-electron chi connectivity index (χ2n) is 3.46. The molecule has 0 unspecified atom stereocenters. The van der Waals surface area contributed by atoms with E-state index >= 15 is 0 Å². The van der Waals surface area contributed by atoms with Gasteiger partial charge in [-0.2, -0.15) is 5.11 Å². The number of rotatable bonds is 2. The fourth-order valence-corrected chi connectivity index (χ4v) is 1.26. The third kappa shape index (κ3) is 2.72. The molecule has 0 radical (unpaired) electrons. The molecule has 2 aromatic carbocycles. The summed E-state index contributed by atoms with van der Waals surface area (Å²) in [5.41, 5.74) is 7.10. The van der Waals surface area contributed by atoms with Gasteiger partial charge in [-0.05, 0) is 36.4 Å². The highest BCUT2D eigenvalue weighted by Crippen LogP contribution is 2.28. The van der Waals surface area contributed by atoms with Crippen molar-refractivity contribution in [2.45, 2.75) is 0 Å². The number of aromatic hydroxyl groups is 2. The highest BCUT2D eigenvalue weighted by atomic mass is 16.3. The van der Waals surface area contributed by atoms with Gasteiger partial charge in [-0.3, -0.25) is 0 Å². The van der Waals surface area contributed by atoms with Gasteiger partial charge >= 0.3 is 0 Å². The molecule has 0 atom stereocenters. The lowest BCUT2D eigenvalue weighted by atomic mass is 10.2. The van der Waals surface area contributed by atoms with Crippen LogP contribution in [0, 0.1) is 0 Å². The fraction of sp³-hybridized carbons (Fsp3) is 0. The van der Waals surface area contributed by atoms with Gasteiger partial charge in [-0.15, -0.1) is 5.11 Å². The Morgan fingerprint density at radius 1 is 0.824 bits per heavy atom. The summed E-state index contributed by atoms with van der Waals surface area (Å²) in [5.74, 6) is 0.263. The average Bonchev–Trinajstić information content (AvgIpc) is 2.30. The molecule has 5 nitrogen and oxygen atoms in total. The molecule has 0 aliphatic rings. The van der Waals surface area contributed by atoms with Crippen molar-refractivity contribution in [1.29, 1.82) is 0 Å². The SMILES string of the molecule is Nc1cc(O)ccc1/N=N/c1ccc(O)cc1. The van der Waals surface area contributed by atoms with E-state index in [9.17, 15) is 5.11 Å². The first-order valence-corrected chi connectivity index (χ1v) is 4.94. The molecule has 2 aromatic rings. The third-order valence-electron chi connectivity index (χ3n) is 2.13. The Hall–Kier alpha value is -2.56. The summed E-state index contributed by atoms with van der Waals surface area (Å²) in [7, 11) is 0. The maximum Gasteiger partial charge on any atom is 0.117 e. The minimum Gasteiger partial charge on any atom is -0.508 e. The van der Waals surface area contributed by atoms with E-state index in [1.165, 1.54) is 24.3 Å². The van der Waals surface area contributed by atoms with Crippen molar-refractivity contribution in [3.05, 3.63) is 42.5 Å². The number of anilines is 1. The van der Waals surface area contributed by atoms with Gasteiger partial charge in [0, 0.05) is 6.07 Å². The zero-order valence-corrected chi connectivity index (χ0v) is 8.91. The zero-order chi connectivity index (χ0) is 12.3. The van der Waals surface area contributed by atoms with Crippen molar-refractivity contribution in [2.75, 3.05) is 5.73 Å². The first-order chi connectivity index (χ1) is 8.15. The van der Waals surface area contributed by atoms with E-state index < -0.39 is 0 Å². The van der Waals surface area contributed by atoms with Crippen LogP contribution in [0.2, 0.25) is 0 Å². The molecule has 0 saturated carbocycles. The smallest absolute Gasteiger partial charge is 0.117 e. The topological polar surface area (TPSA) is 91.2 Å². The highest BCUT2D eigenvalue weighted by molar-refractivity contribution is 5.64. The Balaban J connectivity index is 2.23.